The third kappa shape index (κ3) is 3.46. The molecule has 0 aliphatic rings. The molecule has 0 bridgehead atoms. The Balaban J connectivity index is 2.03. The summed E-state index contributed by atoms with van der Waals surface area (Å²) in [5.74, 6) is 0.00814. The highest BCUT2D eigenvalue weighted by Crippen LogP contribution is 2.17. The number of hydrogen-bond acceptors (Lipinski definition) is 2. The predicted octanol–water partition coefficient (Wildman–Crippen LogP) is 3.18. The Morgan fingerprint density at radius 3 is 2.67 bits per heavy atom. The number of hydrogen-bond donors (Lipinski definition) is 2. The Kier molecular flexibility index (Phi) is 4.19. The van der Waals surface area contributed by atoms with E-state index in [1.165, 1.54) is 0 Å². The molecule has 0 fully saturated rings. The van der Waals surface area contributed by atoms with Crippen molar-refractivity contribution in [3.05, 3.63) is 57.7 Å². The summed E-state index contributed by atoms with van der Waals surface area (Å²) in [5, 5.41) is 12.4. The number of phenols is 1. The van der Waals surface area contributed by atoms with Crippen molar-refractivity contribution in [3.63, 3.8) is 0 Å². The Bertz CT molecular complexity index is 569. The molecule has 3 nitrogen and oxygen atoms in total. The molecule has 0 atom stereocenters. The van der Waals surface area contributed by atoms with Gasteiger partial charge in [0.1, 0.15) is 5.75 Å². The van der Waals surface area contributed by atoms with Crippen molar-refractivity contribution in [2.75, 3.05) is 5.32 Å². The standard InChI is InChI=1S/C14H12INO2/c15-11-5-3-6-12(9-11)16-14(18)8-10-4-1-2-7-13(10)17/h1-7,9,17H,8H2,(H,16,18). The fraction of sp³-hybridized carbons (Fsp3) is 0.0714. The molecule has 0 heterocycles. The maximum Gasteiger partial charge on any atom is 0.228 e. The smallest absolute Gasteiger partial charge is 0.228 e. The van der Waals surface area contributed by atoms with Crippen LogP contribution in [-0.4, -0.2) is 11.0 Å². The number of benzene rings is 2. The first-order chi connectivity index (χ1) is 8.65. The highest BCUT2D eigenvalue weighted by Gasteiger charge is 2.07. The number of carbonyl (C=O) groups is 1. The summed E-state index contributed by atoms with van der Waals surface area (Å²) in [7, 11) is 0. The summed E-state index contributed by atoms with van der Waals surface area (Å²) in [6.07, 6.45) is 0.165. The second-order valence-corrected chi connectivity index (χ2v) is 5.11. The van der Waals surface area contributed by atoms with Crippen LogP contribution < -0.4 is 5.32 Å². The average Bonchev–Trinajstić information content (AvgIpc) is 2.32. The number of para-hydroxylation sites is 1. The topological polar surface area (TPSA) is 49.3 Å². The van der Waals surface area contributed by atoms with Crippen LogP contribution in [0.15, 0.2) is 48.5 Å². The maximum absolute atomic E-state index is 11.8. The second-order valence-electron chi connectivity index (χ2n) is 3.86. The molecule has 0 unspecified atom stereocenters. The first-order valence-corrected chi connectivity index (χ1v) is 6.55. The normalized spacial score (nSPS) is 10.1. The highest BCUT2D eigenvalue weighted by molar-refractivity contribution is 14.1. The number of amides is 1. The van der Waals surface area contributed by atoms with E-state index in [9.17, 15) is 9.90 Å². The van der Waals surface area contributed by atoms with Crippen LogP contribution in [0.1, 0.15) is 5.56 Å². The zero-order valence-electron chi connectivity index (χ0n) is 9.56. The third-order valence-corrected chi connectivity index (χ3v) is 3.12. The molecule has 2 rings (SSSR count). The molecule has 0 saturated heterocycles. The molecule has 18 heavy (non-hydrogen) atoms. The molecule has 2 aromatic rings. The second kappa shape index (κ2) is 5.86. The van der Waals surface area contributed by atoms with E-state index < -0.39 is 0 Å². The largest absolute Gasteiger partial charge is 0.508 e. The number of rotatable bonds is 3. The molecular weight excluding hydrogens is 341 g/mol. The fourth-order valence-corrected chi connectivity index (χ4v) is 2.15. The summed E-state index contributed by atoms with van der Waals surface area (Å²) in [5.41, 5.74) is 1.39. The van der Waals surface area contributed by atoms with Crippen molar-refractivity contribution in [1.82, 2.24) is 0 Å². The highest BCUT2D eigenvalue weighted by atomic mass is 127. The van der Waals surface area contributed by atoms with Gasteiger partial charge < -0.3 is 10.4 Å². The summed E-state index contributed by atoms with van der Waals surface area (Å²) in [6.45, 7) is 0. The molecule has 4 heteroatoms. The van der Waals surface area contributed by atoms with Gasteiger partial charge in [-0.15, -0.1) is 0 Å². The molecule has 0 saturated carbocycles. The Hall–Kier alpha value is -1.56. The van der Waals surface area contributed by atoms with Gasteiger partial charge >= 0.3 is 0 Å². The molecule has 2 N–H and O–H groups in total. The SMILES string of the molecule is O=C(Cc1ccccc1O)Nc1cccc(I)c1. The van der Waals surface area contributed by atoms with E-state index in [-0.39, 0.29) is 18.1 Å². The average molecular weight is 353 g/mol. The van der Waals surface area contributed by atoms with Crippen molar-refractivity contribution in [3.8, 4) is 5.75 Å². The van der Waals surface area contributed by atoms with Crippen molar-refractivity contribution < 1.29 is 9.90 Å². The molecule has 0 aliphatic heterocycles. The lowest BCUT2D eigenvalue weighted by atomic mass is 10.1. The van der Waals surface area contributed by atoms with E-state index in [2.05, 4.69) is 27.9 Å². The van der Waals surface area contributed by atoms with E-state index >= 15 is 0 Å². The Morgan fingerprint density at radius 1 is 1.17 bits per heavy atom. The molecule has 0 aromatic heterocycles. The van der Waals surface area contributed by atoms with Gasteiger partial charge in [0, 0.05) is 14.8 Å². The van der Waals surface area contributed by atoms with Crippen LogP contribution in [0.4, 0.5) is 5.69 Å². The molecule has 1 amide bonds. The first-order valence-electron chi connectivity index (χ1n) is 5.47. The van der Waals surface area contributed by atoms with Crippen LogP contribution in [0, 0.1) is 3.57 Å². The fourth-order valence-electron chi connectivity index (χ4n) is 1.60. The third-order valence-electron chi connectivity index (χ3n) is 2.45. The van der Waals surface area contributed by atoms with E-state index in [0.717, 1.165) is 9.26 Å². The zero-order valence-corrected chi connectivity index (χ0v) is 11.7. The van der Waals surface area contributed by atoms with Gasteiger partial charge in [0.2, 0.25) is 5.91 Å². The van der Waals surface area contributed by atoms with Crippen molar-refractivity contribution in [1.29, 1.82) is 0 Å². The van der Waals surface area contributed by atoms with Gasteiger partial charge in [0.25, 0.3) is 0 Å². The monoisotopic (exact) mass is 353 g/mol. The lowest BCUT2D eigenvalue weighted by Crippen LogP contribution is -2.14. The van der Waals surface area contributed by atoms with Gasteiger partial charge in [-0.1, -0.05) is 24.3 Å². The maximum atomic E-state index is 11.8. The van der Waals surface area contributed by atoms with Gasteiger partial charge in [-0.25, -0.2) is 0 Å². The van der Waals surface area contributed by atoms with Gasteiger partial charge in [-0.3, -0.25) is 4.79 Å². The van der Waals surface area contributed by atoms with Gasteiger partial charge in [-0.2, -0.15) is 0 Å². The number of halogens is 1. The molecular formula is C14H12INO2. The van der Waals surface area contributed by atoms with Crippen molar-refractivity contribution in [2.24, 2.45) is 0 Å². The van der Waals surface area contributed by atoms with Gasteiger partial charge in [-0.05, 0) is 46.9 Å². The summed E-state index contributed by atoms with van der Waals surface area (Å²) in [6, 6.07) is 14.4. The Labute approximate surface area is 119 Å². The van der Waals surface area contributed by atoms with Crippen LogP contribution in [0.5, 0.6) is 5.75 Å². The van der Waals surface area contributed by atoms with Crippen LogP contribution in [0.25, 0.3) is 0 Å². The molecule has 0 aliphatic carbocycles. The lowest BCUT2D eigenvalue weighted by Gasteiger charge is -2.06. The van der Waals surface area contributed by atoms with Crippen LogP contribution in [0.3, 0.4) is 0 Å². The summed E-state index contributed by atoms with van der Waals surface area (Å²) in [4.78, 5) is 11.8. The van der Waals surface area contributed by atoms with Crippen LogP contribution in [0.2, 0.25) is 0 Å². The van der Waals surface area contributed by atoms with Crippen LogP contribution >= 0.6 is 22.6 Å². The van der Waals surface area contributed by atoms with Gasteiger partial charge in [0.05, 0.1) is 6.42 Å². The van der Waals surface area contributed by atoms with E-state index in [1.807, 2.05) is 24.3 Å². The molecule has 0 radical (unpaired) electrons. The zero-order chi connectivity index (χ0) is 13.0. The van der Waals surface area contributed by atoms with E-state index in [1.54, 1.807) is 24.3 Å². The minimum absolute atomic E-state index is 0.140. The Morgan fingerprint density at radius 2 is 1.94 bits per heavy atom. The molecule has 2 aromatic carbocycles. The minimum atomic E-state index is -0.140. The first kappa shape index (κ1) is 12.9. The summed E-state index contributed by atoms with van der Waals surface area (Å²) < 4.78 is 1.06. The van der Waals surface area contributed by atoms with Crippen molar-refractivity contribution in [2.45, 2.75) is 6.42 Å². The molecule has 0 spiro atoms. The number of carbonyl (C=O) groups excluding carboxylic acids is 1. The quantitative estimate of drug-likeness (QED) is 0.833. The van der Waals surface area contributed by atoms with Gasteiger partial charge in [0.15, 0.2) is 0 Å². The predicted molar refractivity (Wildman–Crippen MR) is 79.6 cm³/mol. The number of nitrogens with one attached hydrogen (secondary N) is 1. The van der Waals surface area contributed by atoms with Crippen LogP contribution in [-0.2, 0) is 11.2 Å². The minimum Gasteiger partial charge on any atom is -0.508 e. The van der Waals surface area contributed by atoms with E-state index in [4.69, 9.17) is 0 Å². The van der Waals surface area contributed by atoms with E-state index in [0.29, 0.717) is 5.56 Å². The number of anilines is 1. The number of phenolic OH excluding ortho intramolecular Hbond substituents is 1. The number of aromatic hydroxyl groups is 1. The molecule has 92 valence electrons. The lowest BCUT2D eigenvalue weighted by molar-refractivity contribution is -0.115. The summed E-state index contributed by atoms with van der Waals surface area (Å²) >= 11 is 2.19. The van der Waals surface area contributed by atoms with Crippen molar-refractivity contribution >= 4 is 34.2 Å².